The van der Waals surface area contributed by atoms with Gasteiger partial charge in [-0.2, -0.15) is 0 Å². The van der Waals surface area contributed by atoms with Crippen molar-refractivity contribution in [3.8, 4) is 0 Å². The van der Waals surface area contributed by atoms with Crippen LogP contribution < -0.4 is 4.31 Å². The SMILES string of the molecule is CCN(c1ccc(F)c(F)c1)S(=O)(=O)c1ccc([N+](=O)[O-])cc1. The maximum absolute atomic E-state index is 13.3. The molecule has 0 spiro atoms. The molecule has 6 nitrogen and oxygen atoms in total. The normalized spacial score (nSPS) is 11.3. The van der Waals surface area contributed by atoms with E-state index >= 15 is 0 Å². The lowest BCUT2D eigenvalue weighted by molar-refractivity contribution is -0.384. The van der Waals surface area contributed by atoms with Crippen LogP contribution in [0.2, 0.25) is 0 Å². The molecule has 0 atom stereocenters. The number of non-ortho nitro benzene ring substituents is 1. The van der Waals surface area contributed by atoms with Gasteiger partial charge >= 0.3 is 0 Å². The van der Waals surface area contributed by atoms with Crippen molar-refractivity contribution >= 4 is 21.4 Å². The third-order valence-corrected chi connectivity index (χ3v) is 5.03. The van der Waals surface area contributed by atoms with Crippen molar-refractivity contribution in [3.63, 3.8) is 0 Å². The lowest BCUT2D eigenvalue weighted by Crippen LogP contribution is -2.30. The molecule has 9 heteroatoms. The molecule has 0 bridgehead atoms. The zero-order valence-corrected chi connectivity index (χ0v) is 12.8. The topological polar surface area (TPSA) is 80.5 Å². The van der Waals surface area contributed by atoms with Gasteiger partial charge < -0.3 is 0 Å². The molecule has 0 heterocycles. The lowest BCUT2D eigenvalue weighted by Gasteiger charge is -2.23. The Morgan fingerprint density at radius 2 is 1.70 bits per heavy atom. The first kappa shape index (κ1) is 16.8. The fraction of sp³-hybridized carbons (Fsp3) is 0.143. The Balaban J connectivity index is 2.46. The fourth-order valence-corrected chi connectivity index (χ4v) is 3.46. The Kier molecular flexibility index (Phi) is 4.60. The van der Waals surface area contributed by atoms with Crippen LogP contribution in [0, 0.1) is 21.7 Å². The van der Waals surface area contributed by atoms with Gasteiger partial charge in [0.25, 0.3) is 15.7 Å². The molecule has 0 fully saturated rings. The molecule has 2 aromatic rings. The number of rotatable bonds is 5. The maximum Gasteiger partial charge on any atom is 0.269 e. The van der Waals surface area contributed by atoms with Crippen molar-refractivity contribution in [2.45, 2.75) is 11.8 Å². The first-order chi connectivity index (χ1) is 10.8. The van der Waals surface area contributed by atoms with E-state index in [1.54, 1.807) is 0 Å². The zero-order valence-electron chi connectivity index (χ0n) is 11.9. The van der Waals surface area contributed by atoms with Crippen LogP contribution in [0.1, 0.15) is 6.92 Å². The summed E-state index contributed by atoms with van der Waals surface area (Å²) in [6, 6.07) is 7.06. The largest absolute Gasteiger partial charge is 0.269 e. The number of anilines is 1. The van der Waals surface area contributed by atoms with Crippen molar-refractivity contribution in [2.24, 2.45) is 0 Å². The van der Waals surface area contributed by atoms with Crippen molar-refractivity contribution in [3.05, 3.63) is 64.2 Å². The summed E-state index contributed by atoms with van der Waals surface area (Å²) in [6.45, 7) is 1.51. The number of halogens is 2. The third kappa shape index (κ3) is 3.29. The van der Waals surface area contributed by atoms with Crippen molar-refractivity contribution < 1.29 is 22.1 Å². The molecule has 0 aliphatic heterocycles. The van der Waals surface area contributed by atoms with Crippen LogP contribution in [0.15, 0.2) is 47.4 Å². The highest BCUT2D eigenvalue weighted by atomic mass is 32.2. The van der Waals surface area contributed by atoms with Gasteiger partial charge in [0.1, 0.15) is 0 Å². The van der Waals surface area contributed by atoms with Gasteiger partial charge in [-0.1, -0.05) is 0 Å². The van der Waals surface area contributed by atoms with E-state index in [-0.39, 0.29) is 22.8 Å². The molecule has 2 aromatic carbocycles. The molecule has 23 heavy (non-hydrogen) atoms. The van der Waals surface area contributed by atoms with Gasteiger partial charge in [-0.3, -0.25) is 14.4 Å². The zero-order chi connectivity index (χ0) is 17.2. The van der Waals surface area contributed by atoms with Crippen molar-refractivity contribution in [1.29, 1.82) is 0 Å². The minimum atomic E-state index is -4.05. The van der Waals surface area contributed by atoms with Crippen LogP contribution in [0.5, 0.6) is 0 Å². The third-order valence-electron chi connectivity index (χ3n) is 3.11. The predicted octanol–water partition coefficient (Wildman–Crippen LogP) is 3.09. The van der Waals surface area contributed by atoms with Crippen LogP contribution in [-0.2, 0) is 10.0 Å². The molecular weight excluding hydrogens is 330 g/mol. The molecule has 0 aromatic heterocycles. The lowest BCUT2D eigenvalue weighted by atomic mass is 10.3. The smallest absolute Gasteiger partial charge is 0.267 e. The molecule has 0 saturated heterocycles. The summed E-state index contributed by atoms with van der Waals surface area (Å²) in [5, 5.41) is 10.6. The average molecular weight is 342 g/mol. The van der Waals surface area contributed by atoms with E-state index in [1.807, 2.05) is 0 Å². The second kappa shape index (κ2) is 6.29. The number of benzene rings is 2. The fourth-order valence-electron chi connectivity index (χ4n) is 2.00. The molecule has 0 radical (unpaired) electrons. The molecule has 2 rings (SSSR count). The Hall–Kier alpha value is -2.55. The van der Waals surface area contributed by atoms with Gasteiger partial charge in [-0.15, -0.1) is 0 Å². The molecule has 0 unspecified atom stereocenters. The quantitative estimate of drug-likeness (QED) is 0.618. The predicted molar refractivity (Wildman–Crippen MR) is 79.7 cm³/mol. The first-order valence-electron chi connectivity index (χ1n) is 6.49. The Bertz CT molecular complexity index is 838. The van der Waals surface area contributed by atoms with Gasteiger partial charge in [0, 0.05) is 24.7 Å². The number of hydrogen-bond acceptors (Lipinski definition) is 4. The number of nitrogens with zero attached hydrogens (tertiary/aromatic N) is 2. The number of hydrogen-bond donors (Lipinski definition) is 0. The Morgan fingerprint density at radius 1 is 1.09 bits per heavy atom. The van der Waals surface area contributed by atoms with Crippen molar-refractivity contribution in [2.75, 3.05) is 10.8 Å². The Morgan fingerprint density at radius 3 is 2.17 bits per heavy atom. The summed E-state index contributed by atoms with van der Waals surface area (Å²) in [5.74, 6) is -2.25. The van der Waals surface area contributed by atoms with E-state index in [9.17, 15) is 27.3 Å². The number of nitro benzene ring substituents is 1. The van der Waals surface area contributed by atoms with Crippen LogP contribution in [0.3, 0.4) is 0 Å². The molecule has 0 N–H and O–H groups in total. The van der Waals surface area contributed by atoms with Gasteiger partial charge in [0.05, 0.1) is 15.5 Å². The van der Waals surface area contributed by atoms with Gasteiger partial charge in [-0.25, -0.2) is 17.2 Å². The highest BCUT2D eigenvalue weighted by Gasteiger charge is 2.25. The molecule has 0 aliphatic carbocycles. The van der Waals surface area contributed by atoms with E-state index < -0.39 is 26.6 Å². The average Bonchev–Trinajstić information content (AvgIpc) is 2.51. The standard InChI is InChI=1S/C14H12F2N2O4S/c1-2-17(11-5-8-13(15)14(16)9-11)23(21,22)12-6-3-10(4-7-12)18(19)20/h3-9H,2H2,1H3. The molecule has 0 aliphatic rings. The second-order valence-corrected chi connectivity index (χ2v) is 6.38. The van der Waals surface area contributed by atoms with Gasteiger partial charge in [0.15, 0.2) is 11.6 Å². The summed E-state index contributed by atoms with van der Waals surface area (Å²) in [4.78, 5) is 9.78. The van der Waals surface area contributed by atoms with Gasteiger partial charge in [-0.05, 0) is 31.2 Å². The molecule has 122 valence electrons. The summed E-state index contributed by atoms with van der Waals surface area (Å²) in [6.07, 6.45) is 0. The van der Waals surface area contributed by atoms with Gasteiger partial charge in [0.2, 0.25) is 0 Å². The highest BCUT2D eigenvalue weighted by molar-refractivity contribution is 7.92. The number of sulfonamides is 1. The van der Waals surface area contributed by atoms with Crippen LogP contribution in [0.4, 0.5) is 20.2 Å². The van der Waals surface area contributed by atoms with Crippen LogP contribution in [-0.4, -0.2) is 19.9 Å². The molecule has 0 amide bonds. The van der Waals surface area contributed by atoms with E-state index in [2.05, 4.69) is 0 Å². The summed E-state index contributed by atoms with van der Waals surface area (Å²) >= 11 is 0. The number of nitro groups is 1. The first-order valence-corrected chi connectivity index (χ1v) is 7.93. The van der Waals surface area contributed by atoms with E-state index in [0.717, 1.165) is 46.8 Å². The molecule has 0 saturated carbocycles. The highest BCUT2D eigenvalue weighted by Crippen LogP contribution is 2.26. The van der Waals surface area contributed by atoms with E-state index in [1.165, 1.54) is 6.92 Å². The minimum absolute atomic E-state index is 0.0234. The van der Waals surface area contributed by atoms with Crippen LogP contribution in [0.25, 0.3) is 0 Å². The van der Waals surface area contributed by atoms with E-state index in [4.69, 9.17) is 0 Å². The molecular formula is C14H12F2N2O4S. The van der Waals surface area contributed by atoms with Crippen LogP contribution >= 0.6 is 0 Å². The summed E-state index contributed by atoms with van der Waals surface area (Å²) < 4.78 is 52.4. The summed E-state index contributed by atoms with van der Waals surface area (Å²) in [5.41, 5.74) is -0.287. The summed E-state index contributed by atoms with van der Waals surface area (Å²) in [7, 11) is -4.05. The van der Waals surface area contributed by atoms with Crippen molar-refractivity contribution in [1.82, 2.24) is 0 Å². The second-order valence-electron chi connectivity index (χ2n) is 4.52. The Labute approximate surface area is 131 Å². The van der Waals surface area contributed by atoms with E-state index in [0.29, 0.717) is 0 Å². The monoisotopic (exact) mass is 342 g/mol. The minimum Gasteiger partial charge on any atom is -0.267 e. The maximum atomic E-state index is 13.3.